The monoisotopic (exact) mass is 256 g/mol. The van der Waals surface area contributed by atoms with Gasteiger partial charge in [0.2, 0.25) is 0 Å². The van der Waals surface area contributed by atoms with Gasteiger partial charge in [0.05, 0.1) is 6.61 Å². The van der Waals surface area contributed by atoms with E-state index in [2.05, 4.69) is 20.6 Å². The third-order valence-corrected chi connectivity index (χ3v) is 3.67. The standard InChI is InChI=1S/C11H20N4OS/c1-7(9(6-16)17-4)13-11-5-10(12-3)14-8(2)15-11/h5,7,9,16H,6H2,1-4H3,(H2,12,13,14,15). The molecular formula is C11H20N4OS. The van der Waals surface area contributed by atoms with Crippen LogP contribution in [-0.2, 0) is 0 Å². The molecule has 0 radical (unpaired) electrons. The number of aliphatic hydroxyl groups excluding tert-OH is 1. The second-order valence-corrected chi connectivity index (χ2v) is 4.90. The second-order valence-electron chi connectivity index (χ2n) is 3.83. The van der Waals surface area contributed by atoms with Gasteiger partial charge in [-0.15, -0.1) is 0 Å². The van der Waals surface area contributed by atoms with Gasteiger partial charge in [-0.2, -0.15) is 11.8 Å². The first-order valence-electron chi connectivity index (χ1n) is 5.54. The van der Waals surface area contributed by atoms with Crippen molar-refractivity contribution in [1.29, 1.82) is 0 Å². The summed E-state index contributed by atoms with van der Waals surface area (Å²) in [5, 5.41) is 15.7. The number of aromatic nitrogens is 2. The maximum Gasteiger partial charge on any atom is 0.132 e. The Hall–Kier alpha value is -1.01. The van der Waals surface area contributed by atoms with Crippen molar-refractivity contribution in [3.8, 4) is 0 Å². The molecule has 0 amide bonds. The van der Waals surface area contributed by atoms with Crippen LogP contribution in [0.4, 0.5) is 11.6 Å². The van der Waals surface area contributed by atoms with E-state index < -0.39 is 0 Å². The molecule has 0 aliphatic carbocycles. The van der Waals surface area contributed by atoms with Gasteiger partial charge in [0.15, 0.2) is 0 Å². The molecule has 0 aromatic carbocycles. The molecule has 2 atom stereocenters. The molecular weight excluding hydrogens is 236 g/mol. The van der Waals surface area contributed by atoms with Crippen molar-refractivity contribution >= 4 is 23.4 Å². The Balaban J connectivity index is 2.76. The van der Waals surface area contributed by atoms with Gasteiger partial charge in [0.25, 0.3) is 0 Å². The van der Waals surface area contributed by atoms with E-state index in [0.717, 1.165) is 17.5 Å². The first-order valence-corrected chi connectivity index (χ1v) is 6.83. The van der Waals surface area contributed by atoms with Gasteiger partial charge < -0.3 is 15.7 Å². The highest BCUT2D eigenvalue weighted by Crippen LogP contribution is 2.16. The number of nitrogens with zero attached hydrogens (tertiary/aromatic N) is 2. The summed E-state index contributed by atoms with van der Waals surface area (Å²) >= 11 is 1.64. The Morgan fingerprint density at radius 3 is 2.59 bits per heavy atom. The number of aliphatic hydroxyl groups is 1. The van der Waals surface area contributed by atoms with Crippen LogP contribution in [0.25, 0.3) is 0 Å². The largest absolute Gasteiger partial charge is 0.395 e. The Morgan fingerprint density at radius 1 is 1.41 bits per heavy atom. The van der Waals surface area contributed by atoms with E-state index in [9.17, 15) is 5.11 Å². The van der Waals surface area contributed by atoms with E-state index in [1.807, 2.05) is 33.2 Å². The van der Waals surface area contributed by atoms with E-state index in [1.54, 1.807) is 11.8 Å². The van der Waals surface area contributed by atoms with Crippen LogP contribution < -0.4 is 10.6 Å². The van der Waals surface area contributed by atoms with Gasteiger partial charge in [-0.05, 0) is 20.1 Å². The lowest BCUT2D eigenvalue weighted by molar-refractivity contribution is 0.288. The predicted octanol–water partition coefficient (Wildman–Crippen LogP) is 1.35. The predicted molar refractivity (Wildman–Crippen MR) is 73.8 cm³/mol. The Bertz CT molecular complexity index is 357. The number of aryl methyl sites for hydroxylation is 1. The summed E-state index contributed by atoms with van der Waals surface area (Å²) < 4.78 is 0. The third kappa shape index (κ3) is 4.05. The van der Waals surface area contributed by atoms with Crippen molar-refractivity contribution < 1.29 is 5.11 Å². The summed E-state index contributed by atoms with van der Waals surface area (Å²) in [5.41, 5.74) is 0. The maximum absolute atomic E-state index is 9.22. The normalized spacial score (nSPS) is 14.2. The quantitative estimate of drug-likeness (QED) is 0.714. The molecule has 0 fully saturated rings. The van der Waals surface area contributed by atoms with Gasteiger partial charge in [0, 0.05) is 24.4 Å². The maximum atomic E-state index is 9.22. The smallest absolute Gasteiger partial charge is 0.132 e. The minimum Gasteiger partial charge on any atom is -0.395 e. The van der Waals surface area contributed by atoms with E-state index in [1.165, 1.54) is 0 Å². The number of thioether (sulfide) groups is 1. The molecule has 2 unspecified atom stereocenters. The van der Waals surface area contributed by atoms with E-state index >= 15 is 0 Å². The zero-order valence-electron chi connectivity index (χ0n) is 10.7. The van der Waals surface area contributed by atoms with Crippen molar-refractivity contribution in [3.05, 3.63) is 11.9 Å². The zero-order chi connectivity index (χ0) is 12.8. The lowest BCUT2D eigenvalue weighted by atomic mass is 10.2. The number of anilines is 2. The van der Waals surface area contributed by atoms with Gasteiger partial charge >= 0.3 is 0 Å². The molecule has 3 N–H and O–H groups in total. The Morgan fingerprint density at radius 2 is 2.06 bits per heavy atom. The molecule has 0 aliphatic heterocycles. The summed E-state index contributed by atoms with van der Waals surface area (Å²) in [6.45, 7) is 4.04. The van der Waals surface area contributed by atoms with Crippen LogP contribution in [0.5, 0.6) is 0 Å². The second kappa shape index (κ2) is 6.66. The van der Waals surface area contributed by atoms with Gasteiger partial charge in [-0.3, -0.25) is 0 Å². The van der Waals surface area contributed by atoms with E-state index in [-0.39, 0.29) is 17.9 Å². The van der Waals surface area contributed by atoms with Gasteiger partial charge in [-0.1, -0.05) is 0 Å². The molecule has 1 heterocycles. The number of hydrogen-bond acceptors (Lipinski definition) is 6. The molecule has 5 nitrogen and oxygen atoms in total. The van der Waals surface area contributed by atoms with Crippen molar-refractivity contribution in [2.45, 2.75) is 25.1 Å². The average Bonchev–Trinajstić information content (AvgIpc) is 2.29. The van der Waals surface area contributed by atoms with Crippen LogP contribution in [-0.4, -0.2) is 46.3 Å². The molecule has 0 saturated carbocycles. The summed E-state index contributed by atoms with van der Waals surface area (Å²) in [6.07, 6.45) is 1.99. The van der Waals surface area contributed by atoms with Gasteiger partial charge in [0.1, 0.15) is 17.5 Å². The molecule has 96 valence electrons. The van der Waals surface area contributed by atoms with E-state index in [4.69, 9.17) is 0 Å². The first-order chi connectivity index (χ1) is 8.10. The first kappa shape index (κ1) is 14.1. The average molecular weight is 256 g/mol. The highest BCUT2D eigenvalue weighted by molar-refractivity contribution is 7.99. The fourth-order valence-electron chi connectivity index (χ4n) is 1.53. The van der Waals surface area contributed by atoms with Crippen LogP contribution in [0.3, 0.4) is 0 Å². The number of nitrogens with one attached hydrogen (secondary N) is 2. The lowest BCUT2D eigenvalue weighted by Gasteiger charge is -2.22. The minimum absolute atomic E-state index is 0.147. The summed E-state index contributed by atoms with van der Waals surface area (Å²) in [7, 11) is 1.83. The number of rotatable bonds is 6. The Kier molecular flexibility index (Phi) is 5.50. The molecule has 1 aromatic heterocycles. The third-order valence-electron chi connectivity index (χ3n) is 2.51. The molecule has 0 spiro atoms. The highest BCUT2D eigenvalue weighted by atomic mass is 32.2. The minimum atomic E-state index is 0.147. The van der Waals surface area contributed by atoms with E-state index in [0.29, 0.717) is 0 Å². The molecule has 1 aromatic rings. The van der Waals surface area contributed by atoms with Crippen LogP contribution in [0.2, 0.25) is 0 Å². The van der Waals surface area contributed by atoms with Crippen molar-refractivity contribution in [2.24, 2.45) is 0 Å². The number of hydrogen-bond donors (Lipinski definition) is 3. The zero-order valence-corrected chi connectivity index (χ0v) is 11.5. The lowest BCUT2D eigenvalue weighted by Crippen LogP contribution is -2.31. The van der Waals surface area contributed by atoms with Crippen LogP contribution in [0.1, 0.15) is 12.7 Å². The molecule has 1 rings (SSSR count). The SMILES string of the molecule is CNc1cc(NC(C)C(CO)SC)nc(C)n1. The van der Waals surface area contributed by atoms with Crippen LogP contribution in [0.15, 0.2) is 6.07 Å². The molecule has 0 bridgehead atoms. The summed E-state index contributed by atoms with van der Waals surface area (Å²) in [6, 6.07) is 2.01. The molecule has 6 heteroatoms. The summed E-state index contributed by atoms with van der Waals surface area (Å²) in [5.74, 6) is 2.29. The molecule has 17 heavy (non-hydrogen) atoms. The highest BCUT2D eigenvalue weighted by Gasteiger charge is 2.15. The van der Waals surface area contributed by atoms with Crippen LogP contribution >= 0.6 is 11.8 Å². The topological polar surface area (TPSA) is 70.1 Å². The molecule has 0 aliphatic rings. The fraction of sp³-hybridized carbons (Fsp3) is 0.636. The van der Waals surface area contributed by atoms with Crippen molar-refractivity contribution in [3.63, 3.8) is 0 Å². The van der Waals surface area contributed by atoms with Crippen molar-refractivity contribution in [2.75, 3.05) is 30.5 Å². The van der Waals surface area contributed by atoms with Crippen molar-refractivity contribution in [1.82, 2.24) is 9.97 Å². The Labute approximate surface area is 106 Å². The fourth-order valence-corrected chi connectivity index (χ4v) is 2.16. The van der Waals surface area contributed by atoms with Crippen LogP contribution in [0, 0.1) is 6.92 Å². The summed E-state index contributed by atoms with van der Waals surface area (Å²) in [4.78, 5) is 8.55. The van der Waals surface area contributed by atoms with Gasteiger partial charge in [-0.25, -0.2) is 9.97 Å². The molecule has 0 saturated heterocycles.